The van der Waals surface area contributed by atoms with Gasteiger partial charge in [0.05, 0.1) is 0 Å². The smallest absolute Gasteiger partial charge is 0.224 e. The number of anilines is 2. The zero-order valence-electron chi connectivity index (χ0n) is 13.0. The Hall–Kier alpha value is -1.66. The van der Waals surface area contributed by atoms with E-state index in [1.807, 2.05) is 48.5 Å². The third-order valence-corrected chi connectivity index (χ3v) is 4.37. The fourth-order valence-electron chi connectivity index (χ4n) is 2.08. The molecule has 24 heavy (non-hydrogen) atoms. The van der Waals surface area contributed by atoms with Crippen molar-refractivity contribution in [2.75, 3.05) is 10.6 Å². The van der Waals surface area contributed by atoms with Crippen molar-refractivity contribution >= 4 is 55.0 Å². The molecular formula is C18H18Br2N2O2. The summed E-state index contributed by atoms with van der Waals surface area (Å²) < 4.78 is 1.94. The first-order valence-electron chi connectivity index (χ1n) is 7.64. The van der Waals surface area contributed by atoms with Crippen LogP contribution in [0.4, 0.5) is 11.4 Å². The van der Waals surface area contributed by atoms with Crippen LogP contribution in [0.3, 0.4) is 0 Å². The molecule has 0 heterocycles. The monoisotopic (exact) mass is 452 g/mol. The molecule has 0 saturated heterocycles. The molecule has 2 amide bonds. The topological polar surface area (TPSA) is 58.2 Å². The van der Waals surface area contributed by atoms with Gasteiger partial charge in [-0.3, -0.25) is 9.59 Å². The number of carbonyl (C=O) groups excluding carboxylic acids is 2. The molecule has 0 aliphatic heterocycles. The van der Waals surface area contributed by atoms with Crippen molar-refractivity contribution in [2.45, 2.75) is 25.7 Å². The van der Waals surface area contributed by atoms with Gasteiger partial charge in [0, 0.05) is 33.2 Å². The molecule has 0 aliphatic carbocycles. The van der Waals surface area contributed by atoms with Crippen molar-refractivity contribution < 1.29 is 9.59 Å². The molecule has 2 rings (SSSR count). The lowest BCUT2D eigenvalue weighted by atomic mass is 10.1. The fourth-order valence-corrected chi connectivity index (χ4v) is 2.61. The van der Waals surface area contributed by atoms with E-state index < -0.39 is 0 Å². The standard InChI is InChI=1S/C18H18Br2N2O2/c19-13-5-9-15(10-6-13)21-17(23)3-1-2-4-18(24)22-16-11-7-14(20)8-12-16/h5-12H,1-4H2,(H,21,23)(H,22,24). The Balaban J connectivity index is 1.63. The Morgan fingerprint density at radius 2 is 1.00 bits per heavy atom. The van der Waals surface area contributed by atoms with E-state index in [9.17, 15) is 9.59 Å². The van der Waals surface area contributed by atoms with Gasteiger partial charge in [-0.2, -0.15) is 0 Å². The molecule has 2 aromatic carbocycles. The number of benzene rings is 2. The molecule has 0 saturated carbocycles. The number of hydrogen-bond donors (Lipinski definition) is 2. The molecule has 2 aromatic rings. The molecule has 0 aliphatic rings. The van der Waals surface area contributed by atoms with Crippen LogP contribution in [0.2, 0.25) is 0 Å². The van der Waals surface area contributed by atoms with Crippen LogP contribution in [0.1, 0.15) is 25.7 Å². The highest BCUT2D eigenvalue weighted by molar-refractivity contribution is 9.10. The van der Waals surface area contributed by atoms with Gasteiger partial charge in [0.2, 0.25) is 11.8 Å². The Kier molecular flexibility index (Phi) is 7.46. The molecule has 0 fully saturated rings. The van der Waals surface area contributed by atoms with E-state index in [1.165, 1.54) is 0 Å². The number of nitrogens with one attached hydrogen (secondary N) is 2. The van der Waals surface area contributed by atoms with E-state index in [4.69, 9.17) is 0 Å². The van der Waals surface area contributed by atoms with Crippen LogP contribution in [-0.4, -0.2) is 11.8 Å². The number of unbranched alkanes of at least 4 members (excludes halogenated alkanes) is 1. The van der Waals surface area contributed by atoms with Crippen LogP contribution in [0.25, 0.3) is 0 Å². The predicted molar refractivity (Wildman–Crippen MR) is 104 cm³/mol. The second-order valence-corrected chi connectivity index (χ2v) is 7.15. The second kappa shape index (κ2) is 9.59. The molecular weight excluding hydrogens is 436 g/mol. The van der Waals surface area contributed by atoms with Crippen LogP contribution in [-0.2, 0) is 9.59 Å². The van der Waals surface area contributed by atoms with E-state index in [0.717, 1.165) is 20.3 Å². The Morgan fingerprint density at radius 3 is 1.33 bits per heavy atom. The summed E-state index contributed by atoms with van der Waals surface area (Å²) in [4.78, 5) is 23.7. The highest BCUT2D eigenvalue weighted by Gasteiger charge is 2.05. The zero-order valence-corrected chi connectivity index (χ0v) is 16.2. The molecule has 0 bridgehead atoms. The van der Waals surface area contributed by atoms with Crippen molar-refractivity contribution in [3.63, 3.8) is 0 Å². The average Bonchev–Trinajstić information content (AvgIpc) is 2.56. The maximum absolute atomic E-state index is 11.8. The fraction of sp³-hybridized carbons (Fsp3) is 0.222. The molecule has 2 N–H and O–H groups in total. The number of carbonyl (C=O) groups is 2. The van der Waals surface area contributed by atoms with Gasteiger partial charge in [0.1, 0.15) is 0 Å². The number of rotatable bonds is 7. The lowest BCUT2D eigenvalue weighted by Gasteiger charge is -2.06. The predicted octanol–water partition coefficient (Wildman–Crippen LogP) is 5.35. The van der Waals surface area contributed by atoms with Gasteiger partial charge in [0.15, 0.2) is 0 Å². The minimum atomic E-state index is -0.0364. The lowest BCUT2D eigenvalue weighted by molar-refractivity contribution is -0.118. The van der Waals surface area contributed by atoms with Crippen molar-refractivity contribution in [3.8, 4) is 0 Å². The number of hydrogen-bond acceptors (Lipinski definition) is 2. The molecule has 0 spiro atoms. The molecule has 0 unspecified atom stereocenters. The summed E-state index contributed by atoms with van der Waals surface area (Å²) >= 11 is 6.70. The summed E-state index contributed by atoms with van der Waals surface area (Å²) in [5.74, 6) is -0.0729. The van der Waals surface area contributed by atoms with Gasteiger partial charge in [-0.15, -0.1) is 0 Å². The first-order chi connectivity index (χ1) is 11.5. The number of halogens is 2. The second-order valence-electron chi connectivity index (χ2n) is 5.32. The van der Waals surface area contributed by atoms with Crippen LogP contribution in [0.15, 0.2) is 57.5 Å². The van der Waals surface area contributed by atoms with Crippen molar-refractivity contribution in [1.82, 2.24) is 0 Å². The minimum Gasteiger partial charge on any atom is -0.326 e. The molecule has 4 nitrogen and oxygen atoms in total. The van der Waals surface area contributed by atoms with Gasteiger partial charge >= 0.3 is 0 Å². The van der Waals surface area contributed by atoms with E-state index in [-0.39, 0.29) is 11.8 Å². The quantitative estimate of drug-likeness (QED) is 0.555. The summed E-state index contributed by atoms with van der Waals surface area (Å²) in [5, 5.41) is 5.68. The maximum atomic E-state index is 11.8. The summed E-state index contributed by atoms with van der Waals surface area (Å²) in [6.07, 6.45) is 2.16. The summed E-state index contributed by atoms with van der Waals surface area (Å²) in [7, 11) is 0. The summed E-state index contributed by atoms with van der Waals surface area (Å²) in [5.41, 5.74) is 1.55. The van der Waals surface area contributed by atoms with E-state index in [2.05, 4.69) is 42.5 Å². The van der Waals surface area contributed by atoms with Gasteiger partial charge in [0.25, 0.3) is 0 Å². The molecule has 126 valence electrons. The molecule has 0 atom stereocenters. The third-order valence-electron chi connectivity index (χ3n) is 3.31. The SMILES string of the molecule is O=C(CCCCC(=O)Nc1ccc(Br)cc1)Nc1ccc(Br)cc1. The number of amides is 2. The van der Waals surface area contributed by atoms with E-state index in [1.54, 1.807) is 0 Å². The third kappa shape index (κ3) is 6.84. The minimum absolute atomic E-state index is 0.0364. The Labute approximate surface area is 158 Å². The van der Waals surface area contributed by atoms with Crippen LogP contribution < -0.4 is 10.6 Å². The summed E-state index contributed by atoms with van der Waals surface area (Å²) in [6, 6.07) is 14.9. The van der Waals surface area contributed by atoms with E-state index in [0.29, 0.717) is 25.7 Å². The van der Waals surface area contributed by atoms with Gasteiger partial charge in [-0.05, 0) is 61.4 Å². The van der Waals surface area contributed by atoms with Crippen LogP contribution >= 0.6 is 31.9 Å². The van der Waals surface area contributed by atoms with Crippen LogP contribution in [0, 0.1) is 0 Å². The van der Waals surface area contributed by atoms with E-state index >= 15 is 0 Å². The van der Waals surface area contributed by atoms with Crippen molar-refractivity contribution in [1.29, 1.82) is 0 Å². The van der Waals surface area contributed by atoms with Gasteiger partial charge in [-0.25, -0.2) is 0 Å². The molecule has 0 radical (unpaired) electrons. The highest BCUT2D eigenvalue weighted by atomic mass is 79.9. The first kappa shape index (κ1) is 18.7. The van der Waals surface area contributed by atoms with Gasteiger partial charge < -0.3 is 10.6 Å². The lowest BCUT2D eigenvalue weighted by Crippen LogP contribution is -2.13. The Bertz CT molecular complexity index is 624. The maximum Gasteiger partial charge on any atom is 0.224 e. The molecule has 6 heteroatoms. The van der Waals surface area contributed by atoms with Crippen LogP contribution in [0.5, 0.6) is 0 Å². The Morgan fingerprint density at radius 1 is 0.667 bits per heavy atom. The van der Waals surface area contributed by atoms with Crippen molar-refractivity contribution in [3.05, 3.63) is 57.5 Å². The highest BCUT2D eigenvalue weighted by Crippen LogP contribution is 2.16. The van der Waals surface area contributed by atoms with Gasteiger partial charge in [-0.1, -0.05) is 31.9 Å². The largest absolute Gasteiger partial charge is 0.326 e. The van der Waals surface area contributed by atoms with Crippen molar-refractivity contribution in [2.24, 2.45) is 0 Å². The zero-order chi connectivity index (χ0) is 17.4. The average molecular weight is 454 g/mol. The first-order valence-corrected chi connectivity index (χ1v) is 9.22. The molecule has 0 aromatic heterocycles. The normalized spacial score (nSPS) is 10.2. The summed E-state index contributed by atoms with van der Waals surface area (Å²) in [6.45, 7) is 0.